The molecule has 0 bridgehead atoms. The van der Waals surface area contributed by atoms with E-state index >= 15 is 0 Å². The third kappa shape index (κ3) is 4.56. The van der Waals surface area contributed by atoms with Gasteiger partial charge < -0.3 is 14.4 Å². The zero-order valence-electron chi connectivity index (χ0n) is 32.2. The molecule has 0 fully saturated rings. The molecule has 0 unspecified atom stereocenters. The van der Waals surface area contributed by atoms with E-state index in [0.717, 1.165) is 11.4 Å². The van der Waals surface area contributed by atoms with Gasteiger partial charge in [0.2, 0.25) is 6.71 Å². The first-order chi connectivity index (χ1) is 29.3. The Morgan fingerprint density at radius 3 is 1.56 bits per heavy atom. The van der Waals surface area contributed by atoms with Crippen molar-refractivity contribution in [1.29, 1.82) is 0 Å². The van der Waals surface area contributed by atoms with Crippen molar-refractivity contribution in [2.45, 2.75) is 0 Å². The monoisotopic (exact) mass is 747 g/mol. The molecule has 3 aliphatic rings. The van der Waals surface area contributed by atoms with Crippen LogP contribution >= 0.6 is 0 Å². The molecule has 10 aromatic rings. The third-order valence-corrected chi connectivity index (χ3v) is 13.0. The van der Waals surface area contributed by atoms with Gasteiger partial charge in [-0.3, -0.25) is 0 Å². The fourth-order valence-electron chi connectivity index (χ4n) is 10.7. The zero-order chi connectivity index (χ0) is 38.6. The van der Waals surface area contributed by atoms with Crippen LogP contribution in [0.25, 0.3) is 38.6 Å². The van der Waals surface area contributed by atoms with Crippen LogP contribution in [-0.2, 0) is 0 Å². The molecule has 3 nitrogen and oxygen atoms in total. The van der Waals surface area contributed by atoms with E-state index in [0.29, 0.717) is 0 Å². The third-order valence-electron chi connectivity index (χ3n) is 13.0. The van der Waals surface area contributed by atoms with Gasteiger partial charge in [0, 0.05) is 56.1 Å². The van der Waals surface area contributed by atoms with E-state index in [-0.39, 0.29) is 13.4 Å². The van der Waals surface area contributed by atoms with Crippen LogP contribution < -0.4 is 42.6 Å². The molecule has 0 saturated carbocycles. The largest absolute Gasteiger partial charge is 0.311 e. The Bertz CT molecular complexity index is 3300. The topological polar surface area (TPSA) is 11.4 Å². The summed E-state index contributed by atoms with van der Waals surface area (Å²) in [6.07, 6.45) is 0. The van der Waals surface area contributed by atoms with Crippen LogP contribution in [0.1, 0.15) is 0 Å². The Hall–Kier alpha value is -7.49. The number of benzene rings is 9. The van der Waals surface area contributed by atoms with E-state index in [2.05, 4.69) is 227 Å². The first kappa shape index (κ1) is 32.6. The summed E-state index contributed by atoms with van der Waals surface area (Å²) >= 11 is 0. The summed E-state index contributed by atoms with van der Waals surface area (Å²) in [4.78, 5) is 4.98. The van der Waals surface area contributed by atoms with E-state index in [1.165, 1.54) is 94.1 Å². The number of aromatic nitrogens is 1. The molecule has 0 aliphatic carbocycles. The van der Waals surface area contributed by atoms with Gasteiger partial charge in [-0.25, -0.2) is 0 Å². The predicted molar refractivity (Wildman–Crippen MR) is 251 cm³/mol. The van der Waals surface area contributed by atoms with Crippen LogP contribution in [0.3, 0.4) is 0 Å². The maximum atomic E-state index is 2.58. The lowest BCUT2D eigenvalue weighted by atomic mass is 9.33. The highest BCUT2D eigenvalue weighted by Crippen LogP contribution is 2.45. The Labute approximate surface area is 344 Å². The summed E-state index contributed by atoms with van der Waals surface area (Å²) in [5, 5.41) is 2.55. The fraction of sp³-hybridized carbons (Fsp3) is 0. The van der Waals surface area contributed by atoms with Gasteiger partial charge in [-0.15, -0.1) is 0 Å². The zero-order valence-corrected chi connectivity index (χ0v) is 32.2. The molecule has 4 heterocycles. The van der Waals surface area contributed by atoms with Crippen LogP contribution in [0, 0.1) is 0 Å². The first-order valence-corrected chi connectivity index (χ1v) is 20.6. The second-order valence-corrected chi connectivity index (χ2v) is 16.0. The summed E-state index contributed by atoms with van der Waals surface area (Å²) in [5.74, 6) is 0. The summed E-state index contributed by atoms with van der Waals surface area (Å²) < 4.78 is 2.58. The standard InChI is InChI=1S/C54H35B2N3/c1-4-18-36(19-5-1)39-24-10-11-26-42(39)55-43-27-12-15-31-48(43)59-51-35-46-52(34-41(51)40-25-16-29-45(55)54(40)59)58(38-22-8-3-9-23-38)50-33-17-32-49-53(50)56(46)44-28-13-14-30-47(44)57(49)37-20-6-2-7-21-37/h1-35H. The Morgan fingerprint density at radius 2 is 0.847 bits per heavy atom. The molecule has 0 radical (unpaired) electrons. The Balaban J connectivity index is 1.13. The Morgan fingerprint density at radius 1 is 0.322 bits per heavy atom. The molecule has 1 aromatic heterocycles. The highest BCUT2D eigenvalue weighted by molar-refractivity contribution is 7.01. The average Bonchev–Trinajstić information content (AvgIpc) is 3.63. The minimum absolute atomic E-state index is 0.0336. The molecule has 3 aliphatic heterocycles. The van der Waals surface area contributed by atoms with Gasteiger partial charge in [0.1, 0.15) is 0 Å². The van der Waals surface area contributed by atoms with Gasteiger partial charge in [-0.1, -0.05) is 157 Å². The number of fused-ring (bicyclic) bond motifs is 9. The summed E-state index contributed by atoms with van der Waals surface area (Å²) in [6.45, 7) is 0.103. The van der Waals surface area contributed by atoms with E-state index in [1.807, 2.05) is 0 Å². The molecule has 0 amide bonds. The van der Waals surface area contributed by atoms with Gasteiger partial charge in [0.25, 0.3) is 6.71 Å². The minimum atomic E-state index is 0.0336. The number of hydrogen-bond donors (Lipinski definition) is 0. The van der Waals surface area contributed by atoms with Crippen molar-refractivity contribution in [2.24, 2.45) is 0 Å². The average molecular weight is 748 g/mol. The van der Waals surface area contributed by atoms with Gasteiger partial charge in [-0.2, -0.15) is 0 Å². The molecule has 0 N–H and O–H groups in total. The molecule has 272 valence electrons. The lowest BCUT2D eigenvalue weighted by molar-refractivity contribution is 1.19. The van der Waals surface area contributed by atoms with E-state index in [1.54, 1.807) is 0 Å². The van der Waals surface area contributed by atoms with E-state index < -0.39 is 0 Å². The smallest absolute Gasteiger partial charge is 0.252 e. The van der Waals surface area contributed by atoms with Crippen LogP contribution in [-0.4, -0.2) is 18.0 Å². The number of rotatable bonds is 4. The van der Waals surface area contributed by atoms with Gasteiger partial charge >= 0.3 is 0 Å². The predicted octanol–water partition coefficient (Wildman–Crippen LogP) is 9.36. The number of para-hydroxylation sites is 5. The number of hydrogen-bond acceptors (Lipinski definition) is 2. The quantitative estimate of drug-likeness (QED) is 0.166. The van der Waals surface area contributed by atoms with Crippen molar-refractivity contribution in [2.75, 3.05) is 9.80 Å². The van der Waals surface area contributed by atoms with E-state index in [9.17, 15) is 0 Å². The first-order valence-electron chi connectivity index (χ1n) is 20.6. The Kier molecular flexibility index (Phi) is 6.90. The minimum Gasteiger partial charge on any atom is -0.311 e. The van der Waals surface area contributed by atoms with Crippen molar-refractivity contribution < 1.29 is 0 Å². The van der Waals surface area contributed by atoms with Gasteiger partial charge in [-0.05, 0) is 99.1 Å². The van der Waals surface area contributed by atoms with Crippen molar-refractivity contribution in [1.82, 2.24) is 4.57 Å². The summed E-state index contributed by atoms with van der Waals surface area (Å²) in [7, 11) is 0. The van der Waals surface area contributed by atoms with Gasteiger partial charge in [0.15, 0.2) is 0 Å². The summed E-state index contributed by atoms with van der Waals surface area (Å²) in [6, 6.07) is 78.7. The molecule has 0 spiro atoms. The highest BCUT2D eigenvalue weighted by Gasteiger charge is 2.44. The summed E-state index contributed by atoms with van der Waals surface area (Å²) in [5.41, 5.74) is 21.5. The lowest BCUT2D eigenvalue weighted by Gasteiger charge is -2.44. The highest BCUT2D eigenvalue weighted by atomic mass is 15.2. The normalized spacial score (nSPS) is 13.3. The molecule has 0 atom stereocenters. The number of anilines is 6. The SMILES string of the molecule is c1ccc(-c2ccccc2B2c3ccccc3-n3c4cc5c(cc4c4cccc2c43)N(c2ccccc2)c2cccc3c2B5c2ccccc2N3c2ccccc2)cc1. The van der Waals surface area contributed by atoms with Crippen molar-refractivity contribution >= 4 is 102 Å². The van der Waals surface area contributed by atoms with Crippen molar-refractivity contribution in [3.05, 3.63) is 212 Å². The molecule has 9 aromatic carbocycles. The maximum absolute atomic E-state index is 2.58. The molecule has 0 saturated heterocycles. The van der Waals surface area contributed by atoms with Crippen LogP contribution in [0.5, 0.6) is 0 Å². The molecule has 13 rings (SSSR count). The van der Waals surface area contributed by atoms with Crippen molar-refractivity contribution in [3.63, 3.8) is 0 Å². The fourth-order valence-corrected chi connectivity index (χ4v) is 10.7. The van der Waals surface area contributed by atoms with Crippen LogP contribution in [0.2, 0.25) is 0 Å². The van der Waals surface area contributed by atoms with Crippen LogP contribution in [0.15, 0.2) is 212 Å². The van der Waals surface area contributed by atoms with E-state index in [4.69, 9.17) is 0 Å². The molecular formula is C54H35B2N3. The molecular weight excluding hydrogens is 712 g/mol. The maximum Gasteiger partial charge on any atom is 0.252 e. The van der Waals surface area contributed by atoms with Crippen molar-refractivity contribution in [3.8, 4) is 16.8 Å². The molecule has 5 heteroatoms. The number of nitrogens with zero attached hydrogens (tertiary/aromatic N) is 3. The molecule has 59 heavy (non-hydrogen) atoms. The van der Waals surface area contributed by atoms with Gasteiger partial charge in [0.05, 0.1) is 5.52 Å². The lowest BCUT2D eigenvalue weighted by Crippen LogP contribution is -2.61. The van der Waals surface area contributed by atoms with Crippen LogP contribution in [0.4, 0.5) is 34.1 Å². The second-order valence-electron chi connectivity index (χ2n) is 16.0. The second kappa shape index (κ2) is 12.5.